The predicted octanol–water partition coefficient (Wildman–Crippen LogP) is 1.05. The van der Waals surface area contributed by atoms with Crippen LogP contribution in [0.25, 0.3) is 11.1 Å². The van der Waals surface area contributed by atoms with Gasteiger partial charge >= 0.3 is 0 Å². The molecule has 0 bridgehead atoms. The number of nitriles is 1. The molecule has 1 heterocycles. The largest absolute Gasteiger partial charge is 0.464 e. The van der Waals surface area contributed by atoms with Crippen molar-refractivity contribution < 1.29 is 33.2 Å². The van der Waals surface area contributed by atoms with E-state index in [4.69, 9.17) is 9.47 Å². The first-order chi connectivity index (χ1) is 14.6. The molecule has 166 valence electrons. The molecule has 1 fully saturated rings. The molecule has 0 radical (unpaired) electrons. The molecule has 1 aliphatic rings. The summed E-state index contributed by atoms with van der Waals surface area (Å²) < 4.78 is 37.2. The van der Waals surface area contributed by atoms with Gasteiger partial charge in [-0.15, -0.1) is 0 Å². The minimum atomic E-state index is -3.49. The fourth-order valence-corrected chi connectivity index (χ4v) is 4.01. The molecule has 1 saturated heterocycles. The molecule has 4 N–H and O–H groups in total. The number of hydrogen-bond acceptors (Lipinski definition) is 8. The van der Waals surface area contributed by atoms with E-state index in [1.165, 1.54) is 0 Å². The number of anilines is 1. The van der Waals surface area contributed by atoms with Crippen molar-refractivity contribution in [2.75, 3.05) is 17.6 Å². The third kappa shape index (κ3) is 5.15. The van der Waals surface area contributed by atoms with Crippen molar-refractivity contribution in [2.24, 2.45) is 5.92 Å². The van der Waals surface area contributed by atoms with E-state index in [-0.39, 0.29) is 11.3 Å². The van der Waals surface area contributed by atoms with E-state index in [1.807, 2.05) is 0 Å². The SMILES string of the molecule is CC1[C@H](Oc2cccc(C#N)c2-c2cccc(NS(C)(=O)=O)c2)OC(CO)[C@H](O)[C@@H]1O. The number of nitrogens with zero attached hydrogens (tertiary/aromatic N) is 1. The minimum absolute atomic E-state index is 0.271. The highest BCUT2D eigenvalue weighted by molar-refractivity contribution is 7.92. The molecule has 0 aliphatic carbocycles. The molecule has 0 amide bonds. The van der Waals surface area contributed by atoms with Crippen LogP contribution in [0.4, 0.5) is 5.69 Å². The van der Waals surface area contributed by atoms with Crippen molar-refractivity contribution in [1.29, 1.82) is 5.26 Å². The fourth-order valence-electron chi connectivity index (χ4n) is 3.45. The van der Waals surface area contributed by atoms with Crippen LogP contribution in [-0.2, 0) is 14.8 Å². The third-order valence-corrected chi connectivity index (χ3v) is 5.64. The molecule has 1 aliphatic heterocycles. The van der Waals surface area contributed by atoms with E-state index in [0.717, 1.165) is 6.26 Å². The van der Waals surface area contributed by atoms with E-state index in [9.17, 15) is 29.0 Å². The Bertz CT molecular complexity index is 1080. The second-order valence-corrected chi connectivity index (χ2v) is 9.18. The summed E-state index contributed by atoms with van der Waals surface area (Å²) in [5, 5.41) is 39.4. The Morgan fingerprint density at radius 3 is 2.55 bits per heavy atom. The Balaban J connectivity index is 2.01. The van der Waals surface area contributed by atoms with Crippen molar-refractivity contribution in [3.05, 3.63) is 48.0 Å². The Labute approximate surface area is 180 Å². The van der Waals surface area contributed by atoms with Crippen LogP contribution >= 0.6 is 0 Å². The van der Waals surface area contributed by atoms with Crippen LogP contribution in [0.3, 0.4) is 0 Å². The number of ether oxygens (including phenoxy) is 2. The summed E-state index contributed by atoms with van der Waals surface area (Å²) in [6.07, 6.45) is -3.43. The maximum atomic E-state index is 11.6. The zero-order chi connectivity index (χ0) is 22.8. The Morgan fingerprint density at radius 1 is 1.19 bits per heavy atom. The van der Waals surface area contributed by atoms with Crippen molar-refractivity contribution in [3.63, 3.8) is 0 Å². The van der Waals surface area contributed by atoms with E-state index >= 15 is 0 Å². The number of benzene rings is 2. The van der Waals surface area contributed by atoms with Crippen LogP contribution < -0.4 is 9.46 Å². The van der Waals surface area contributed by atoms with Crippen LogP contribution in [-0.4, -0.2) is 61.2 Å². The lowest BCUT2D eigenvalue weighted by molar-refractivity contribution is -0.256. The second-order valence-electron chi connectivity index (χ2n) is 7.43. The van der Waals surface area contributed by atoms with Gasteiger partial charge in [-0.05, 0) is 29.8 Å². The summed E-state index contributed by atoms with van der Waals surface area (Å²) in [6, 6.07) is 13.4. The maximum Gasteiger partial charge on any atom is 0.229 e. The maximum absolute atomic E-state index is 11.6. The van der Waals surface area contributed by atoms with Gasteiger partial charge in [0.05, 0.1) is 30.6 Å². The first kappa shape index (κ1) is 23.0. The first-order valence-corrected chi connectivity index (χ1v) is 11.4. The van der Waals surface area contributed by atoms with Gasteiger partial charge < -0.3 is 24.8 Å². The molecule has 0 spiro atoms. The molecule has 2 aromatic rings. The highest BCUT2D eigenvalue weighted by atomic mass is 32.2. The summed E-state index contributed by atoms with van der Waals surface area (Å²) in [6.45, 7) is 1.13. The standard InChI is InChI=1S/C21H24N2O7S/c1-12-19(25)20(26)17(11-24)30-21(12)29-16-8-4-6-14(10-22)18(16)13-5-3-7-15(9-13)23-31(2,27)28/h3-9,12,17,19-21,23-26H,11H2,1-2H3/t12?,17?,19-,20+,21-/m1/s1. The molecule has 31 heavy (non-hydrogen) atoms. The molecule has 3 rings (SSSR count). The smallest absolute Gasteiger partial charge is 0.229 e. The van der Waals surface area contributed by atoms with Crippen LogP contribution in [0, 0.1) is 17.2 Å². The molecule has 10 heteroatoms. The normalized spacial score (nSPS) is 26.1. The van der Waals surface area contributed by atoms with Gasteiger partial charge in [0.15, 0.2) is 0 Å². The first-order valence-electron chi connectivity index (χ1n) is 9.55. The molecule has 2 unspecified atom stereocenters. The summed E-state index contributed by atoms with van der Waals surface area (Å²) >= 11 is 0. The van der Waals surface area contributed by atoms with Gasteiger partial charge in [0, 0.05) is 17.2 Å². The number of nitrogens with one attached hydrogen (secondary N) is 1. The minimum Gasteiger partial charge on any atom is -0.464 e. The van der Waals surface area contributed by atoms with Crippen molar-refractivity contribution >= 4 is 15.7 Å². The third-order valence-electron chi connectivity index (χ3n) is 5.03. The Morgan fingerprint density at radius 2 is 1.90 bits per heavy atom. The van der Waals surface area contributed by atoms with Crippen LogP contribution in [0.2, 0.25) is 0 Å². The summed E-state index contributed by atoms with van der Waals surface area (Å²) in [5.41, 5.74) is 1.55. The lowest BCUT2D eigenvalue weighted by Crippen LogP contribution is -2.56. The zero-order valence-electron chi connectivity index (χ0n) is 17.0. The number of aliphatic hydroxyl groups excluding tert-OH is 3. The van der Waals surface area contributed by atoms with Crippen LogP contribution in [0.1, 0.15) is 12.5 Å². The van der Waals surface area contributed by atoms with E-state index < -0.39 is 47.2 Å². The van der Waals surface area contributed by atoms with E-state index in [2.05, 4.69) is 10.8 Å². The van der Waals surface area contributed by atoms with Gasteiger partial charge in [0.1, 0.15) is 18.0 Å². The molecule has 2 aromatic carbocycles. The molecular weight excluding hydrogens is 424 g/mol. The topological polar surface area (TPSA) is 149 Å². The van der Waals surface area contributed by atoms with Gasteiger partial charge in [0.2, 0.25) is 16.3 Å². The lowest BCUT2D eigenvalue weighted by Gasteiger charge is -2.40. The number of aliphatic hydroxyl groups is 3. The average Bonchev–Trinajstić information content (AvgIpc) is 2.72. The van der Waals surface area contributed by atoms with Gasteiger partial charge in [-0.1, -0.05) is 25.1 Å². The monoisotopic (exact) mass is 448 g/mol. The number of sulfonamides is 1. The second kappa shape index (κ2) is 9.21. The lowest BCUT2D eigenvalue weighted by atomic mass is 9.92. The predicted molar refractivity (Wildman–Crippen MR) is 113 cm³/mol. The summed E-state index contributed by atoms with van der Waals surface area (Å²) in [7, 11) is -3.49. The van der Waals surface area contributed by atoms with Crippen LogP contribution in [0.5, 0.6) is 5.75 Å². The van der Waals surface area contributed by atoms with E-state index in [1.54, 1.807) is 49.4 Å². The van der Waals surface area contributed by atoms with Crippen molar-refractivity contribution in [2.45, 2.75) is 31.5 Å². The van der Waals surface area contributed by atoms with Crippen molar-refractivity contribution in [1.82, 2.24) is 0 Å². The Hall–Kier alpha value is -2.68. The van der Waals surface area contributed by atoms with Gasteiger partial charge in [0.25, 0.3) is 0 Å². The molecular formula is C21H24N2O7S. The Kier molecular flexibility index (Phi) is 6.83. The average molecular weight is 448 g/mol. The highest BCUT2D eigenvalue weighted by Crippen LogP contribution is 2.37. The molecule has 5 atom stereocenters. The van der Waals surface area contributed by atoms with E-state index in [0.29, 0.717) is 16.8 Å². The fraction of sp³-hybridized carbons (Fsp3) is 0.381. The van der Waals surface area contributed by atoms with Gasteiger partial charge in [-0.25, -0.2) is 8.42 Å². The molecule has 9 nitrogen and oxygen atoms in total. The van der Waals surface area contributed by atoms with Crippen LogP contribution in [0.15, 0.2) is 42.5 Å². The zero-order valence-corrected chi connectivity index (χ0v) is 17.8. The summed E-state index contributed by atoms with van der Waals surface area (Å²) in [4.78, 5) is 0. The number of hydrogen-bond donors (Lipinski definition) is 4. The quantitative estimate of drug-likeness (QED) is 0.512. The number of rotatable bonds is 6. The molecule has 0 saturated carbocycles. The summed E-state index contributed by atoms with van der Waals surface area (Å²) in [5.74, 6) is -0.359. The van der Waals surface area contributed by atoms with Crippen molar-refractivity contribution in [3.8, 4) is 22.9 Å². The highest BCUT2D eigenvalue weighted by Gasteiger charge is 2.43. The van der Waals surface area contributed by atoms with Gasteiger partial charge in [-0.3, -0.25) is 4.72 Å². The van der Waals surface area contributed by atoms with Gasteiger partial charge in [-0.2, -0.15) is 5.26 Å². The molecule has 0 aromatic heterocycles.